The number of ether oxygens (including phenoxy) is 2. The zero-order chi connectivity index (χ0) is 25.6. The van der Waals surface area contributed by atoms with Gasteiger partial charge in [0.15, 0.2) is 11.5 Å². The van der Waals surface area contributed by atoms with E-state index in [4.69, 9.17) is 15.2 Å². The molecule has 2 N–H and O–H groups in total. The molecular formula is C26H25F3N2O4. The lowest BCUT2D eigenvalue weighted by Crippen LogP contribution is -2.41. The first-order valence-corrected chi connectivity index (χ1v) is 10.7. The first kappa shape index (κ1) is 25.6. The van der Waals surface area contributed by atoms with Crippen LogP contribution in [0.3, 0.4) is 0 Å². The number of carbonyl (C=O) groups is 2. The molecule has 6 nitrogen and oxygen atoms in total. The topological polar surface area (TPSA) is 81.9 Å². The number of hydrogen-bond donors (Lipinski definition) is 1. The van der Waals surface area contributed by atoms with E-state index in [1.807, 2.05) is 0 Å². The zero-order valence-electron chi connectivity index (χ0n) is 19.2. The van der Waals surface area contributed by atoms with Crippen molar-refractivity contribution in [3.05, 3.63) is 89.5 Å². The van der Waals surface area contributed by atoms with E-state index < -0.39 is 29.5 Å². The quantitative estimate of drug-likeness (QED) is 0.450. The number of halogens is 3. The van der Waals surface area contributed by atoms with Gasteiger partial charge in [-0.2, -0.15) is 13.2 Å². The van der Waals surface area contributed by atoms with Gasteiger partial charge in [0.2, 0.25) is 11.8 Å². The minimum atomic E-state index is -4.44. The van der Waals surface area contributed by atoms with Crippen molar-refractivity contribution in [3.63, 3.8) is 0 Å². The molecule has 1 unspecified atom stereocenters. The van der Waals surface area contributed by atoms with Crippen LogP contribution in [0.15, 0.2) is 72.8 Å². The van der Waals surface area contributed by atoms with Gasteiger partial charge in [0.05, 0.1) is 19.8 Å². The third-order valence-corrected chi connectivity index (χ3v) is 5.51. The molecule has 3 rings (SSSR count). The van der Waals surface area contributed by atoms with Crippen molar-refractivity contribution >= 4 is 17.5 Å². The molecule has 0 aromatic heterocycles. The first-order chi connectivity index (χ1) is 16.7. The van der Waals surface area contributed by atoms with Crippen molar-refractivity contribution in [3.8, 4) is 11.5 Å². The average Bonchev–Trinajstić information content (AvgIpc) is 2.84. The van der Waals surface area contributed by atoms with Gasteiger partial charge in [-0.3, -0.25) is 9.59 Å². The highest BCUT2D eigenvalue weighted by Crippen LogP contribution is 2.33. The van der Waals surface area contributed by atoms with Crippen molar-refractivity contribution in [2.24, 2.45) is 5.73 Å². The number of methoxy groups -OCH3 is 2. The Hall–Kier alpha value is -4.01. The second-order valence-electron chi connectivity index (χ2n) is 7.72. The number of nitrogens with zero attached hydrogens (tertiary/aromatic N) is 1. The molecule has 0 aliphatic heterocycles. The summed E-state index contributed by atoms with van der Waals surface area (Å²) in [5.41, 5.74) is 6.30. The fourth-order valence-corrected chi connectivity index (χ4v) is 3.69. The molecule has 0 aliphatic carbocycles. The number of primary amides is 1. The lowest BCUT2D eigenvalue weighted by atomic mass is 9.96. The van der Waals surface area contributed by atoms with E-state index in [9.17, 15) is 22.8 Å². The van der Waals surface area contributed by atoms with Crippen LogP contribution in [0.4, 0.5) is 18.9 Å². The summed E-state index contributed by atoms with van der Waals surface area (Å²) < 4.78 is 49.3. The fourth-order valence-electron chi connectivity index (χ4n) is 3.69. The van der Waals surface area contributed by atoms with Gasteiger partial charge in [-0.1, -0.05) is 42.5 Å². The van der Waals surface area contributed by atoms with Gasteiger partial charge < -0.3 is 20.1 Å². The van der Waals surface area contributed by atoms with Gasteiger partial charge in [0.25, 0.3) is 0 Å². The van der Waals surface area contributed by atoms with Crippen LogP contribution in [0, 0.1) is 0 Å². The summed E-state index contributed by atoms with van der Waals surface area (Å²) in [6.07, 6.45) is -4.21. The van der Waals surface area contributed by atoms with Crippen LogP contribution in [0.2, 0.25) is 0 Å². The first-order valence-electron chi connectivity index (χ1n) is 10.7. The van der Waals surface area contributed by atoms with Gasteiger partial charge in [-0.15, -0.1) is 0 Å². The maximum atomic E-state index is 13.7. The molecule has 0 heterocycles. The molecule has 0 fully saturated rings. The van der Waals surface area contributed by atoms with Gasteiger partial charge in [-0.05, 0) is 41.8 Å². The third kappa shape index (κ3) is 6.11. The Morgan fingerprint density at radius 2 is 1.54 bits per heavy atom. The highest BCUT2D eigenvalue weighted by atomic mass is 19.4. The monoisotopic (exact) mass is 486 g/mol. The van der Waals surface area contributed by atoms with Crippen LogP contribution < -0.4 is 20.1 Å². The molecule has 0 aliphatic rings. The highest BCUT2D eigenvalue weighted by molar-refractivity contribution is 6.11. The molecule has 35 heavy (non-hydrogen) atoms. The van der Waals surface area contributed by atoms with Crippen LogP contribution in [-0.2, 0) is 22.2 Å². The van der Waals surface area contributed by atoms with E-state index in [0.29, 0.717) is 28.3 Å². The number of carbonyl (C=O) groups excluding carboxylic acids is 2. The van der Waals surface area contributed by atoms with Crippen molar-refractivity contribution in [2.45, 2.75) is 18.5 Å². The molecule has 1 atom stereocenters. The van der Waals surface area contributed by atoms with E-state index in [-0.39, 0.29) is 13.0 Å². The van der Waals surface area contributed by atoms with E-state index >= 15 is 0 Å². The minimum absolute atomic E-state index is 0.0797. The van der Waals surface area contributed by atoms with Gasteiger partial charge in [0.1, 0.15) is 5.92 Å². The minimum Gasteiger partial charge on any atom is -0.493 e. The number of rotatable bonds is 9. The fraction of sp³-hybridized carbons (Fsp3) is 0.231. The van der Waals surface area contributed by atoms with Crippen LogP contribution >= 0.6 is 0 Å². The van der Waals surface area contributed by atoms with E-state index in [2.05, 4.69) is 0 Å². The SMILES string of the molecule is COc1ccc(N(CCc2ccc(C(F)(F)F)cc2)C(=O)C(C(N)=O)c2ccccc2)cc1OC. The molecule has 3 aromatic carbocycles. The van der Waals surface area contributed by atoms with Gasteiger partial charge >= 0.3 is 6.18 Å². The second-order valence-corrected chi connectivity index (χ2v) is 7.72. The Morgan fingerprint density at radius 3 is 2.09 bits per heavy atom. The average molecular weight is 486 g/mol. The number of hydrogen-bond acceptors (Lipinski definition) is 4. The molecule has 2 amide bonds. The standard InChI is InChI=1S/C26H25F3N2O4/c1-34-21-13-12-20(16-22(21)35-2)31(15-14-17-8-10-19(11-9-17)26(27,28)29)25(33)23(24(30)32)18-6-4-3-5-7-18/h3-13,16,23H,14-15H2,1-2H3,(H2,30,32). The summed E-state index contributed by atoms with van der Waals surface area (Å²) in [6, 6.07) is 18.0. The number of alkyl halides is 3. The Kier molecular flexibility index (Phi) is 8.01. The molecule has 0 radical (unpaired) electrons. The Morgan fingerprint density at radius 1 is 0.914 bits per heavy atom. The van der Waals surface area contributed by atoms with Gasteiger partial charge in [0, 0.05) is 18.3 Å². The number of nitrogens with two attached hydrogens (primary N) is 1. The molecule has 184 valence electrons. The lowest BCUT2D eigenvalue weighted by molar-refractivity contribution is -0.137. The Labute approximate surface area is 201 Å². The van der Waals surface area contributed by atoms with E-state index in [1.54, 1.807) is 48.5 Å². The molecule has 9 heteroatoms. The number of benzene rings is 3. The van der Waals surface area contributed by atoms with Crippen molar-refractivity contribution in [1.82, 2.24) is 0 Å². The molecular weight excluding hydrogens is 461 g/mol. The second kappa shape index (κ2) is 10.9. The largest absolute Gasteiger partial charge is 0.493 e. The van der Waals surface area contributed by atoms with Crippen molar-refractivity contribution in [2.75, 3.05) is 25.7 Å². The highest BCUT2D eigenvalue weighted by Gasteiger charge is 2.32. The summed E-state index contributed by atoms with van der Waals surface area (Å²) in [4.78, 5) is 27.4. The van der Waals surface area contributed by atoms with Gasteiger partial charge in [-0.25, -0.2) is 0 Å². The summed E-state index contributed by atoms with van der Waals surface area (Å²) in [5.74, 6) is -1.82. The van der Waals surface area contributed by atoms with E-state index in [0.717, 1.165) is 12.1 Å². The third-order valence-electron chi connectivity index (χ3n) is 5.51. The number of amides is 2. The predicted octanol–water partition coefficient (Wildman–Crippen LogP) is 4.57. The predicted molar refractivity (Wildman–Crippen MR) is 125 cm³/mol. The molecule has 0 saturated carbocycles. The number of anilines is 1. The maximum absolute atomic E-state index is 13.7. The van der Waals surface area contributed by atoms with Crippen molar-refractivity contribution in [1.29, 1.82) is 0 Å². The molecule has 0 saturated heterocycles. The Balaban J connectivity index is 1.97. The zero-order valence-corrected chi connectivity index (χ0v) is 19.2. The lowest BCUT2D eigenvalue weighted by Gasteiger charge is -2.27. The van der Waals surface area contributed by atoms with E-state index in [1.165, 1.54) is 31.3 Å². The molecule has 3 aromatic rings. The molecule has 0 spiro atoms. The molecule has 0 bridgehead atoms. The summed E-state index contributed by atoms with van der Waals surface area (Å²) in [5, 5.41) is 0. The van der Waals surface area contributed by atoms with Crippen molar-refractivity contribution < 1.29 is 32.2 Å². The van der Waals surface area contributed by atoms with Crippen LogP contribution in [-0.4, -0.2) is 32.6 Å². The summed E-state index contributed by atoms with van der Waals surface area (Å²) in [7, 11) is 2.93. The smallest absolute Gasteiger partial charge is 0.416 e. The summed E-state index contributed by atoms with van der Waals surface area (Å²) in [6.45, 7) is 0.0797. The maximum Gasteiger partial charge on any atom is 0.416 e. The van der Waals surface area contributed by atoms with Crippen LogP contribution in [0.1, 0.15) is 22.6 Å². The Bertz CT molecular complexity index is 1170. The summed E-state index contributed by atoms with van der Waals surface area (Å²) >= 11 is 0. The van der Waals surface area contributed by atoms with Crippen LogP contribution in [0.5, 0.6) is 11.5 Å². The van der Waals surface area contributed by atoms with Crippen LogP contribution in [0.25, 0.3) is 0 Å². The normalized spacial score (nSPS) is 12.0.